The fourth-order valence-electron chi connectivity index (χ4n) is 3.43. The standard InChI is InChI=1S/C20H22FNO4S/c1-26-20(23)10-11-27(24,25)22-14-18-16(8-5-9-19(18)21)13-17(22)12-15-6-3-2-4-7-15/h2-9,17H,10-14H2,1H3. The first-order valence-corrected chi connectivity index (χ1v) is 10.4. The minimum absolute atomic E-state index is 0.0248. The van der Waals surface area contributed by atoms with Crippen LogP contribution in [-0.2, 0) is 38.9 Å². The van der Waals surface area contributed by atoms with Crippen LogP contribution in [0, 0.1) is 5.82 Å². The van der Waals surface area contributed by atoms with Crippen LogP contribution in [-0.4, -0.2) is 37.6 Å². The lowest BCUT2D eigenvalue weighted by molar-refractivity contribution is -0.140. The van der Waals surface area contributed by atoms with Crippen molar-refractivity contribution in [2.45, 2.75) is 31.8 Å². The molecule has 1 atom stereocenters. The maximum Gasteiger partial charge on any atom is 0.306 e. The number of ether oxygens (including phenoxy) is 1. The average molecular weight is 391 g/mol. The Kier molecular flexibility index (Phi) is 5.92. The van der Waals surface area contributed by atoms with Crippen LogP contribution in [0.4, 0.5) is 4.39 Å². The molecule has 2 aromatic carbocycles. The molecule has 0 spiro atoms. The second-order valence-electron chi connectivity index (χ2n) is 6.61. The van der Waals surface area contributed by atoms with E-state index in [1.165, 1.54) is 17.5 Å². The van der Waals surface area contributed by atoms with Crippen LogP contribution in [0.25, 0.3) is 0 Å². The Morgan fingerprint density at radius 1 is 1.19 bits per heavy atom. The number of carbonyl (C=O) groups excluding carboxylic acids is 1. The van der Waals surface area contributed by atoms with Crippen molar-refractivity contribution >= 4 is 16.0 Å². The van der Waals surface area contributed by atoms with Crippen LogP contribution in [0.3, 0.4) is 0 Å². The number of benzene rings is 2. The molecule has 27 heavy (non-hydrogen) atoms. The molecule has 5 nitrogen and oxygen atoms in total. The van der Waals surface area contributed by atoms with E-state index in [2.05, 4.69) is 4.74 Å². The molecule has 0 amide bonds. The van der Waals surface area contributed by atoms with E-state index >= 15 is 0 Å². The maximum atomic E-state index is 14.3. The molecule has 0 saturated heterocycles. The Balaban J connectivity index is 1.91. The lowest BCUT2D eigenvalue weighted by atomic mass is 9.92. The van der Waals surface area contributed by atoms with E-state index in [4.69, 9.17) is 0 Å². The largest absolute Gasteiger partial charge is 0.469 e. The van der Waals surface area contributed by atoms with E-state index in [0.29, 0.717) is 18.4 Å². The average Bonchev–Trinajstić information content (AvgIpc) is 2.66. The van der Waals surface area contributed by atoms with Crippen molar-refractivity contribution in [3.05, 3.63) is 71.0 Å². The fourth-order valence-corrected chi connectivity index (χ4v) is 5.02. The van der Waals surface area contributed by atoms with E-state index in [0.717, 1.165) is 11.1 Å². The summed E-state index contributed by atoms with van der Waals surface area (Å²) in [5.41, 5.74) is 2.24. The zero-order chi connectivity index (χ0) is 19.4. The summed E-state index contributed by atoms with van der Waals surface area (Å²) in [5.74, 6) is -1.34. The molecule has 1 aliphatic heterocycles. The van der Waals surface area contributed by atoms with Crippen molar-refractivity contribution in [3.63, 3.8) is 0 Å². The molecule has 7 heteroatoms. The van der Waals surface area contributed by atoms with Gasteiger partial charge in [-0.2, -0.15) is 4.31 Å². The first-order valence-electron chi connectivity index (χ1n) is 8.77. The molecular weight excluding hydrogens is 369 g/mol. The molecule has 0 fully saturated rings. The second kappa shape index (κ2) is 8.19. The van der Waals surface area contributed by atoms with Crippen LogP contribution in [0.15, 0.2) is 48.5 Å². The maximum absolute atomic E-state index is 14.3. The number of carbonyl (C=O) groups is 1. The molecule has 1 heterocycles. The topological polar surface area (TPSA) is 63.7 Å². The molecule has 0 aliphatic carbocycles. The van der Waals surface area contributed by atoms with Gasteiger partial charge in [-0.15, -0.1) is 0 Å². The molecule has 0 radical (unpaired) electrons. The fraction of sp³-hybridized carbons (Fsp3) is 0.350. The number of methoxy groups -OCH3 is 1. The van der Waals surface area contributed by atoms with Crippen molar-refractivity contribution < 1.29 is 22.3 Å². The van der Waals surface area contributed by atoms with Crippen molar-refractivity contribution in [1.82, 2.24) is 4.31 Å². The van der Waals surface area contributed by atoms with E-state index in [1.807, 2.05) is 36.4 Å². The molecule has 1 aliphatic rings. The van der Waals surface area contributed by atoms with Gasteiger partial charge < -0.3 is 4.74 Å². The van der Waals surface area contributed by atoms with Gasteiger partial charge in [-0.3, -0.25) is 4.79 Å². The second-order valence-corrected chi connectivity index (χ2v) is 8.65. The number of sulfonamides is 1. The first-order chi connectivity index (χ1) is 12.9. The summed E-state index contributed by atoms with van der Waals surface area (Å²) in [6.07, 6.45) is 0.727. The Bertz CT molecular complexity index is 915. The van der Waals surface area contributed by atoms with Gasteiger partial charge in [0, 0.05) is 18.2 Å². The Labute approximate surface area is 158 Å². The highest BCUT2D eigenvalue weighted by Crippen LogP contribution is 2.30. The third kappa shape index (κ3) is 4.54. The Morgan fingerprint density at radius 2 is 1.93 bits per heavy atom. The lowest BCUT2D eigenvalue weighted by Crippen LogP contribution is -2.46. The van der Waals surface area contributed by atoms with Crippen LogP contribution in [0.1, 0.15) is 23.1 Å². The normalized spacial score (nSPS) is 17.3. The van der Waals surface area contributed by atoms with Crippen molar-refractivity contribution in [1.29, 1.82) is 0 Å². The van der Waals surface area contributed by atoms with Gasteiger partial charge in [-0.1, -0.05) is 42.5 Å². The number of esters is 1. The van der Waals surface area contributed by atoms with Gasteiger partial charge in [0.25, 0.3) is 0 Å². The number of halogens is 1. The van der Waals surface area contributed by atoms with E-state index in [-0.39, 0.29) is 24.8 Å². The Hall–Kier alpha value is -2.25. The molecule has 2 aromatic rings. The monoisotopic (exact) mass is 391 g/mol. The third-order valence-corrected chi connectivity index (χ3v) is 6.72. The van der Waals surface area contributed by atoms with Crippen LogP contribution in [0.2, 0.25) is 0 Å². The SMILES string of the molecule is COC(=O)CCS(=O)(=O)N1Cc2c(F)cccc2CC1Cc1ccccc1. The minimum atomic E-state index is -3.75. The Morgan fingerprint density at radius 3 is 2.63 bits per heavy atom. The van der Waals surface area contributed by atoms with Crippen LogP contribution in [0.5, 0.6) is 0 Å². The summed E-state index contributed by atoms with van der Waals surface area (Å²) in [5, 5.41) is 0. The van der Waals surface area contributed by atoms with Gasteiger partial charge in [0.1, 0.15) is 5.82 Å². The highest BCUT2D eigenvalue weighted by atomic mass is 32.2. The summed E-state index contributed by atoms with van der Waals surface area (Å²) < 4.78 is 46.0. The number of fused-ring (bicyclic) bond motifs is 1. The quantitative estimate of drug-likeness (QED) is 0.711. The predicted molar refractivity (Wildman–Crippen MR) is 100 cm³/mol. The first kappa shape index (κ1) is 19.5. The van der Waals surface area contributed by atoms with E-state index in [9.17, 15) is 17.6 Å². The smallest absolute Gasteiger partial charge is 0.306 e. The highest BCUT2D eigenvalue weighted by molar-refractivity contribution is 7.89. The molecule has 0 bridgehead atoms. The summed E-state index contributed by atoms with van der Waals surface area (Å²) >= 11 is 0. The van der Waals surface area contributed by atoms with Gasteiger partial charge in [0.2, 0.25) is 10.0 Å². The summed E-state index contributed by atoms with van der Waals surface area (Å²) in [4.78, 5) is 11.4. The molecule has 1 unspecified atom stereocenters. The predicted octanol–water partition coefficient (Wildman–Crippen LogP) is 2.69. The summed E-state index contributed by atoms with van der Waals surface area (Å²) in [6.45, 7) is -0.0248. The van der Waals surface area contributed by atoms with Crippen LogP contribution >= 0.6 is 0 Å². The molecule has 0 N–H and O–H groups in total. The van der Waals surface area contributed by atoms with Gasteiger partial charge in [-0.05, 0) is 30.0 Å². The van der Waals surface area contributed by atoms with Crippen LogP contribution < -0.4 is 0 Å². The van der Waals surface area contributed by atoms with Crippen molar-refractivity contribution in [2.75, 3.05) is 12.9 Å². The molecule has 3 rings (SSSR count). The number of hydrogen-bond acceptors (Lipinski definition) is 4. The molecule has 0 aromatic heterocycles. The molecular formula is C20H22FNO4S. The number of hydrogen-bond donors (Lipinski definition) is 0. The third-order valence-electron chi connectivity index (χ3n) is 4.86. The molecule has 144 valence electrons. The number of rotatable bonds is 6. The summed E-state index contributed by atoms with van der Waals surface area (Å²) in [7, 11) is -2.53. The van der Waals surface area contributed by atoms with Crippen molar-refractivity contribution in [2.24, 2.45) is 0 Å². The van der Waals surface area contributed by atoms with Crippen molar-refractivity contribution in [3.8, 4) is 0 Å². The lowest BCUT2D eigenvalue weighted by Gasteiger charge is -2.36. The number of nitrogens with zero attached hydrogens (tertiary/aromatic N) is 1. The van der Waals surface area contributed by atoms with Gasteiger partial charge in [-0.25, -0.2) is 12.8 Å². The van der Waals surface area contributed by atoms with Gasteiger partial charge >= 0.3 is 5.97 Å². The molecule has 0 saturated carbocycles. The minimum Gasteiger partial charge on any atom is -0.469 e. The van der Waals surface area contributed by atoms with E-state index < -0.39 is 21.8 Å². The van der Waals surface area contributed by atoms with E-state index in [1.54, 1.807) is 6.07 Å². The highest BCUT2D eigenvalue weighted by Gasteiger charge is 2.35. The zero-order valence-electron chi connectivity index (χ0n) is 15.1. The summed E-state index contributed by atoms with van der Waals surface area (Å²) in [6, 6.07) is 14.1. The zero-order valence-corrected chi connectivity index (χ0v) is 15.9. The van der Waals surface area contributed by atoms with Gasteiger partial charge in [0.05, 0.1) is 19.3 Å². The van der Waals surface area contributed by atoms with Gasteiger partial charge in [0.15, 0.2) is 0 Å².